The minimum Gasteiger partial charge on any atom is -0.0913 e. The first-order chi connectivity index (χ1) is 5.74. The van der Waals surface area contributed by atoms with Crippen LogP contribution in [-0.2, 0) is 6.42 Å². The number of allylic oxidation sites excluding steroid dienone is 2. The summed E-state index contributed by atoms with van der Waals surface area (Å²) in [5.74, 6) is 0. The fourth-order valence-corrected chi connectivity index (χ4v) is 1.24. The van der Waals surface area contributed by atoms with Crippen LogP contribution in [0.4, 0.5) is 0 Å². The van der Waals surface area contributed by atoms with Gasteiger partial charge in [-0.15, -0.1) is 0 Å². The Bertz CT molecular complexity index is 290. The molecule has 1 aromatic rings. The van der Waals surface area contributed by atoms with Gasteiger partial charge in [0.1, 0.15) is 0 Å². The summed E-state index contributed by atoms with van der Waals surface area (Å²) in [5.41, 5.74) is 1.18. The van der Waals surface area contributed by atoms with E-state index in [4.69, 9.17) is 23.2 Å². The van der Waals surface area contributed by atoms with Gasteiger partial charge in [-0.05, 0) is 31.0 Å². The zero-order valence-electron chi connectivity index (χ0n) is 6.85. The molecule has 64 valence electrons. The van der Waals surface area contributed by atoms with Crippen LogP contribution in [0, 0.1) is 0 Å². The van der Waals surface area contributed by atoms with E-state index in [1.54, 1.807) is 0 Å². The van der Waals surface area contributed by atoms with Gasteiger partial charge in [0.05, 0.1) is 10.0 Å². The normalized spacial score (nSPS) is 10.9. The van der Waals surface area contributed by atoms with Crippen LogP contribution in [0.5, 0.6) is 0 Å². The Morgan fingerprint density at radius 2 is 2.00 bits per heavy atom. The standard InChI is InChI=1S/C10H10Cl2/c1-2-3-4-8-5-6-9(11)10(12)7-8/h2-3,5-7H,4H2,1H3/b3-2-. The second kappa shape index (κ2) is 4.54. The Morgan fingerprint density at radius 3 is 2.58 bits per heavy atom. The highest BCUT2D eigenvalue weighted by atomic mass is 35.5. The predicted octanol–water partition coefficient (Wildman–Crippen LogP) is 4.11. The van der Waals surface area contributed by atoms with Crippen LogP contribution in [0.15, 0.2) is 30.4 Å². The van der Waals surface area contributed by atoms with E-state index in [0.29, 0.717) is 10.0 Å². The number of benzene rings is 1. The average molecular weight is 201 g/mol. The van der Waals surface area contributed by atoms with E-state index in [1.807, 2.05) is 31.2 Å². The molecule has 0 fully saturated rings. The van der Waals surface area contributed by atoms with Crippen LogP contribution >= 0.6 is 23.2 Å². The van der Waals surface area contributed by atoms with Crippen LogP contribution in [0.25, 0.3) is 0 Å². The SMILES string of the molecule is C/C=C\Cc1ccc(Cl)c(Cl)c1. The quantitative estimate of drug-likeness (QED) is 0.631. The third kappa shape index (κ3) is 2.54. The summed E-state index contributed by atoms with van der Waals surface area (Å²) in [6, 6.07) is 5.70. The minimum atomic E-state index is 0.612. The molecule has 0 saturated heterocycles. The molecule has 0 radical (unpaired) electrons. The molecule has 1 rings (SSSR count). The van der Waals surface area contributed by atoms with E-state index in [0.717, 1.165) is 6.42 Å². The lowest BCUT2D eigenvalue weighted by Gasteiger charge is -1.98. The molecule has 0 N–H and O–H groups in total. The molecule has 0 saturated carbocycles. The van der Waals surface area contributed by atoms with Gasteiger partial charge in [0, 0.05) is 0 Å². The number of hydrogen-bond donors (Lipinski definition) is 0. The predicted molar refractivity (Wildman–Crippen MR) is 55.0 cm³/mol. The zero-order valence-corrected chi connectivity index (χ0v) is 8.36. The van der Waals surface area contributed by atoms with Gasteiger partial charge in [0.25, 0.3) is 0 Å². The Balaban J connectivity index is 2.82. The third-order valence-electron chi connectivity index (χ3n) is 1.57. The summed E-state index contributed by atoms with van der Waals surface area (Å²) in [4.78, 5) is 0. The van der Waals surface area contributed by atoms with Crippen LogP contribution in [0.3, 0.4) is 0 Å². The van der Waals surface area contributed by atoms with Crippen molar-refractivity contribution in [2.24, 2.45) is 0 Å². The maximum atomic E-state index is 5.84. The maximum absolute atomic E-state index is 5.84. The summed E-state index contributed by atoms with van der Waals surface area (Å²) in [7, 11) is 0. The fourth-order valence-electron chi connectivity index (χ4n) is 0.921. The molecule has 0 aliphatic carbocycles. The summed E-state index contributed by atoms with van der Waals surface area (Å²) in [5, 5.41) is 1.24. The third-order valence-corrected chi connectivity index (χ3v) is 2.31. The molecule has 0 nitrogen and oxygen atoms in total. The average Bonchev–Trinajstić information content (AvgIpc) is 2.07. The molecule has 2 heteroatoms. The van der Waals surface area contributed by atoms with Crippen molar-refractivity contribution in [1.29, 1.82) is 0 Å². The Hall–Kier alpha value is -0.460. The first-order valence-corrected chi connectivity index (χ1v) is 4.54. The first-order valence-electron chi connectivity index (χ1n) is 3.79. The van der Waals surface area contributed by atoms with Gasteiger partial charge < -0.3 is 0 Å². The van der Waals surface area contributed by atoms with E-state index in [9.17, 15) is 0 Å². The summed E-state index contributed by atoms with van der Waals surface area (Å²) in [6.45, 7) is 2.00. The van der Waals surface area contributed by atoms with Crippen molar-refractivity contribution < 1.29 is 0 Å². The number of halogens is 2. The molecule has 0 bridgehead atoms. The molecular formula is C10H10Cl2. The van der Waals surface area contributed by atoms with Gasteiger partial charge in [-0.1, -0.05) is 41.4 Å². The van der Waals surface area contributed by atoms with Crippen molar-refractivity contribution in [1.82, 2.24) is 0 Å². The van der Waals surface area contributed by atoms with Crippen LogP contribution in [0.2, 0.25) is 10.0 Å². The van der Waals surface area contributed by atoms with E-state index in [-0.39, 0.29) is 0 Å². The van der Waals surface area contributed by atoms with Crippen LogP contribution < -0.4 is 0 Å². The molecule has 0 aliphatic heterocycles. The van der Waals surface area contributed by atoms with Gasteiger partial charge in [-0.25, -0.2) is 0 Å². The van der Waals surface area contributed by atoms with Crippen molar-refractivity contribution in [2.45, 2.75) is 13.3 Å². The summed E-state index contributed by atoms with van der Waals surface area (Å²) in [6.07, 6.45) is 5.01. The van der Waals surface area contributed by atoms with Crippen molar-refractivity contribution >= 4 is 23.2 Å². The van der Waals surface area contributed by atoms with Gasteiger partial charge >= 0.3 is 0 Å². The number of hydrogen-bond acceptors (Lipinski definition) is 0. The molecule has 0 aliphatic rings. The largest absolute Gasteiger partial charge is 0.0913 e. The molecule has 1 aromatic carbocycles. The Labute approximate surface area is 82.8 Å². The van der Waals surface area contributed by atoms with E-state index in [2.05, 4.69) is 6.08 Å². The number of rotatable bonds is 2. The Kier molecular flexibility index (Phi) is 3.64. The molecule has 0 amide bonds. The summed E-state index contributed by atoms with van der Waals surface area (Å²) < 4.78 is 0. The monoisotopic (exact) mass is 200 g/mol. The van der Waals surface area contributed by atoms with Gasteiger partial charge in [-0.3, -0.25) is 0 Å². The highest BCUT2D eigenvalue weighted by Gasteiger charge is 1.96. The summed E-state index contributed by atoms with van der Waals surface area (Å²) >= 11 is 11.6. The lowest BCUT2D eigenvalue weighted by Crippen LogP contribution is -1.80. The first kappa shape index (κ1) is 9.63. The second-order valence-corrected chi connectivity index (χ2v) is 3.34. The maximum Gasteiger partial charge on any atom is 0.0595 e. The molecule has 0 heterocycles. The molecule has 0 unspecified atom stereocenters. The molecule has 12 heavy (non-hydrogen) atoms. The fraction of sp³-hybridized carbons (Fsp3) is 0.200. The van der Waals surface area contributed by atoms with E-state index in [1.165, 1.54) is 5.56 Å². The van der Waals surface area contributed by atoms with Crippen molar-refractivity contribution in [2.75, 3.05) is 0 Å². The topological polar surface area (TPSA) is 0 Å². The minimum absolute atomic E-state index is 0.612. The zero-order chi connectivity index (χ0) is 8.97. The van der Waals surface area contributed by atoms with Crippen molar-refractivity contribution in [3.63, 3.8) is 0 Å². The lowest BCUT2D eigenvalue weighted by atomic mass is 10.1. The van der Waals surface area contributed by atoms with Crippen LogP contribution in [-0.4, -0.2) is 0 Å². The molecular weight excluding hydrogens is 191 g/mol. The lowest BCUT2D eigenvalue weighted by molar-refractivity contribution is 1.26. The van der Waals surface area contributed by atoms with Crippen molar-refractivity contribution in [3.8, 4) is 0 Å². The highest BCUT2D eigenvalue weighted by Crippen LogP contribution is 2.22. The highest BCUT2D eigenvalue weighted by molar-refractivity contribution is 6.42. The second-order valence-electron chi connectivity index (χ2n) is 2.52. The Morgan fingerprint density at radius 1 is 1.25 bits per heavy atom. The molecule has 0 aromatic heterocycles. The molecule has 0 spiro atoms. The van der Waals surface area contributed by atoms with Gasteiger partial charge in [-0.2, -0.15) is 0 Å². The van der Waals surface area contributed by atoms with E-state index < -0.39 is 0 Å². The van der Waals surface area contributed by atoms with Gasteiger partial charge in [0.2, 0.25) is 0 Å². The van der Waals surface area contributed by atoms with Crippen LogP contribution in [0.1, 0.15) is 12.5 Å². The smallest absolute Gasteiger partial charge is 0.0595 e. The molecule has 0 atom stereocenters. The van der Waals surface area contributed by atoms with Gasteiger partial charge in [0.15, 0.2) is 0 Å². The van der Waals surface area contributed by atoms with E-state index >= 15 is 0 Å². The van der Waals surface area contributed by atoms with Crippen molar-refractivity contribution in [3.05, 3.63) is 46.0 Å².